The molecule has 7 aliphatic rings. The molecule has 5 saturated carbocycles. The summed E-state index contributed by atoms with van der Waals surface area (Å²) in [5.74, 6) is 1.70. The van der Waals surface area contributed by atoms with Crippen LogP contribution in [0.25, 0.3) is 0 Å². The number of aliphatic hydroxyl groups is 1. The monoisotopic (exact) mass is 376 g/mol. The number of fused-ring (bicyclic) bond motifs is 5. The largest absolute Gasteiger partial charge is 0.386 e. The van der Waals surface area contributed by atoms with Crippen LogP contribution < -0.4 is 0 Å². The number of hydrogen-bond acceptors (Lipinski definition) is 2. The molecule has 0 amide bonds. The minimum atomic E-state index is -0.903. The zero-order valence-electron chi connectivity index (χ0n) is 17.1. The fourth-order valence-corrected chi connectivity index (χ4v) is 7.34. The van der Waals surface area contributed by atoms with E-state index < -0.39 is 11.2 Å². The Hall–Kier alpha value is -0.410. The van der Waals surface area contributed by atoms with Gasteiger partial charge in [0.05, 0.1) is 12.2 Å². The summed E-state index contributed by atoms with van der Waals surface area (Å²) in [6.07, 6.45) is 17.8. The zero-order valence-corrected chi connectivity index (χ0v) is 17.1. The average Bonchev–Trinajstić information content (AvgIpc) is 2.69. The Morgan fingerprint density at radius 2 is 1.52 bits per heavy atom. The second-order valence-electron chi connectivity index (χ2n) is 11.2. The van der Waals surface area contributed by atoms with Crippen molar-refractivity contribution in [1.82, 2.24) is 0 Å². The van der Waals surface area contributed by atoms with E-state index in [0.29, 0.717) is 36.5 Å². The Bertz CT molecular complexity index is 583. The summed E-state index contributed by atoms with van der Waals surface area (Å²) in [5, 5.41) is 10.3. The minimum absolute atomic E-state index is 0.198. The number of rotatable bonds is 4. The molecule has 2 nitrogen and oxygen atoms in total. The van der Waals surface area contributed by atoms with E-state index in [-0.39, 0.29) is 5.83 Å². The van der Waals surface area contributed by atoms with Crippen molar-refractivity contribution >= 4 is 0 Å². The van der Waals surface area contributed by atoms with Gasteiger partial charge in [-0.1, -0.05) is 19.8 Å². The highest BCUT2D eigenvalue weighted by atomic mass is 19.1. The van der Waals surface area contributed by atoms with E-state index in [9.17, 15) is 9.50 Å². The average molecular weight is 377 g/mol. The molecule has 0 atom stereocenters. The lowest BCUT2D eigenvalue weighted by Crippen LogP contribution is -2.52. The van der Waals surface area contributed by atoms with Crippen LogP contribution in [0.5, 0.6) is 0 Å². The first-order chi connectivity index (χ1) is 12.9. The van der Waals surface area contributed by atoms with Gasteiger partial charge in [-0.25, -0.2) is 4.39 Å². The van der Waals surface area contributed by atoms with E-state index in [1.165, 1.54) is 70.3 Å². The van der Waals surface area contributed by atoms with Gasteiger partial charge in [-0.05, 0) is 106 Å². The first-order valence-corrected chi connectivity index (χ1v) is 11.6. The minimum Gasteiger partial charge on any atom is -0.386 e. The highest BCUT2D eigenvalue weighted by Crippen LogP contribution is 2.62. The maximum absolute atomic E-state index is 14.7. The van der Waals surface area contributed by atoms with E-state index in [1.54, 1.807) is 0 Å². The summed E-state index contributed by atoms with van der Waals surface area (Å²) in [7, 11) is 0. The van der Waals surface area contributed by atoms with Crippen LogP contribution in [-0.4, -0.2) is 22.9 Å². The summed E-state index contributed by atoms with van der Waals surface area (Å²) < 4.78 is 21.1. The quantitative estimate of drug-likeness (QED) is 0.644. The molecule has 0 unspecified atom stereocenters. The molecule has 0 heterocycles. The fraction of sp³-hybridized carbons (Fsp3) is 0.917. The fourth-order valence-electron chi connectivity index (χ4n) is 7.34. The normalized spacial score (nSPS) is 52.0. The van der Waals surface area contributed by atoms with Crippen molar-refractivity contribution in [2.75, 3.05) is 6.61 Å². The van der Waals surface area contributed by atoms with Crippen LogP contribution >= 0.6 is 0 Å². The summed E-state index contributed by atoms with van der Waals surface area (Å²) in [5.41, 5.74) is -0.702. The van der Waals surface area contributed by atoms with Crippen molar-refractivity contribution in [2.24, 2.45) is 22.7 Å². The lowest BCUT2D eigenvalue weighted by molar-refractivity contribution is -0.159. The van der Waals surface area contributed by atoms with Gasteiger partial charge < -0.3 is 9.84 Å². The zero-order chi connectivity index (χ0) is 18.8. The van der Waals surface area contributed by atoms with Crippen LogP contribution in [0.2, 0.25) is 0 Å². The molecule has 0 radical (unpaired) electrons. The number of hydrogen-bond donors (Lipinski definition) is 1. The molecule has 27 heavy (non-hydrogen) atoms. The molecule has 3 heteroatoms. The lowest BCUT2D eigenvalue weighted by Gasteiger charge is -2.58. The Labute approximate surface area is 163 Å². The molecule has 0 spiro atoms. The second-order valence-corrected chi connectivity index (χ2v) is 11.2. The van der Waals surface area contributed by atoms with Gasteiger partial charge >= 0.3 is 0 Å². The van der Waals surface area contributed by atoms with Gasteiger partial charge in [0.2, 0.25) is 0 Å². The molecular weight excluding hydrogens is 339 g/mol. The van der Waals surface area contributed by atoms with E-state index >= 15 is 0 Å². The topological polar surface area (TPSA) is 29.5 Å². The highest BCUT2D eigenvalue weighted by Gasteiger charge is 2.55. The molecule has 0 saturated heterocycles. The molecule has 7 rings (SSSR count). The summed E-state index contributed by atoms with van der Waals surface area (Å²) in [4.78, 5) is 0. The standard InChI is InChI=1S/C24H37FO2/c1-18-2-4-19(5-3-18)22-9-6-21(7-10-22,8-11-22)17-27-24-14-12-23(26,13-15-24)16-20(24)25/h16,18-19,26H,2-15,17H2,1H3. The number of ether oxygens (including phenoxy) is 1. The van der Waals surface area contributed by atoms with Crippen LogP contribution in [0.15, 0.2) is 11.9 Å². The van der Waals surface area contributed by atoms with E-state index in [2.05, 4.69) is 6.92 Å². The smallest absolute Gasteiger partial charge is 0.131 e. The molecule has 5 fully saturated rings. The van der Waals surface area contributed by atoms with Crippen molar-refractivity contribution in [3.8, 4) is 0 Å². The van der Waals surface area contributed by atoms with Crippen molar-refractivity contribution in [3.05, 3.63) is 11.9 Å². The maximum Gasteiger partial charge on any atom is 0.131 e. The van der Waals surface area contributed by atoms with Crippen molar-refractivity contribution in [2.45, 2.75) is 108 Å². The van der Waals surface area contributed by atoms with Gasteiger partial charge in [0.1, 0.15) is 11.4 Å². The molecular formula is C24H37FO2. The highest BCUT2D eigenvalue weighted by molar-refractivity contribution is 5.25. The van der Waals surface area contributed by atoms with Crippen molar-refractivity contribution in [3.63, 3.8) is 0 Å². The third-order valence-electron chi connectivity index (χ3n) is 9.75. The SMILES string of the molecule is CC1CCC(C23CCC(COC45CCC(O)(C=C4F)CC5)(CC2)CC3)CC1. The Morgan fingerprint density at radius 3 is 2.07 bits per heavy atom. The Kier molecular flexibility index (Phi) is 4.34. The lowest BCUT2D eigenvalue weighted by atomic mass is 9.48. The van der Waals surface area contributed by atoms with E-state index in [4.69, 9.17) is 4.74 Å². The molecule has 0 aromatic rings. The van der Waals surface area contributed by atoms with Crippen LogP contribution in [0, 0.1) is 22.7 Å². The first kappa shape index (κ1) is 18.6. The van der Waals surface area contributed by atoms with Gasteiger partial charge in [0, 0.05) is 0 Å². The van der Waals surface area contributed by atoms with Gasteiger partial charge in [0.15, 0.2) is 0 Å². The van der Waals surface area contributed by atoms with Gasteiger partial charge in [-0.3, -0.25) is 0 Å². The third-order valence-corrected chi connectivity index (χ3v) is 9.75. The molecule has 0 aliphatic heterocycles. The van der Waals surface area contributed by atoms with E-state index in [0.717, 1.165) is 18.4 Å². The molecule has 4 bridgehead atoms. The van der Waals surface area contributed by atoms with Gasteiger partial charge in [-0.2, -0.15) is 0 Å². The molecule has 152 valence electrons. The summed E-state index contributed by atoms with van der Waals surface area (Å²) in [6.45, 7) is 3.15. The molecule has 7 aliphatic carbocycles. The molecule has 0 aromatic heterocycles. The predicted octanol–water partition coefficient (Wildman–Crippen LogP) is 6.08. The summed E-state index contributed by atoms with van der Waals surface area (Å²) >= 11 is 0. The first-order valence-electron chi connectivity index (χ1n) is 11.6. The Morgan fingerprint density at radius 1 is 0.926 bits per heavy atom. The molecule has 0 aromatic carbocycles. The molecule has 1 N–H and O–H groups in total. The van der Waals surface area contributed by atoms with Gasteiger partial charge in [-0.15, -0.1) is 0 Å². The number of halogens is 1. The van der Waals surface area contributed by atoms with E-state index in [1.807, 2.05) is 0 Å². The third kappa shape index (κ3) is 3.03. The van der Waals surface area contributed by atoms with Crippen LogP contribution in [0.4, 0.5) is 4.39 Å². The van der Waals surface area contributed by atoms with Crippen molar-refractivity contribution in [1.29, 1.82) is 0 Å². The van der Waals surface area contributed by atoms with Gasteiger partial charge in [0.25, 0.3) is 0 Å². The summed E-state index contributed by atoms with van der Waals surface area (Å²) in [6, 6.07) is 0. The van der Waals surface area contributed by atoms with Crippen LogP contribution in [0.1, 0.15) is 96.8 Å². The van der Waals surface area contributed by atoms with Crippen molar-refractivity contribution < 1.29 is 14.2 Å². The van der Waals surface area contributed by atoms with Crippen LogP contribution in [-0.2, 0) is 4.74 Å². The Balaban J connectivity index is 1.22. The maximum atomic E-state index is 14.7. The predicted molar refractivity (Wildman–Crippen MR) is 105 cm³/mol. The second kappa shape index (κ2) is 6.29. The van der Waals surface area contributed by atoms with Crippen LogP contribution in [0.3, 0.4) is 0 Å².